The molecule has 2 aromatic rings. The van der Waals surface area contributed by atoms with Gasteiger partial charge >= 0.3 is 0 Å². The molecule has 0 aliphatic carbocycles. The Labute approximate surface area is 137 Å². The van der Waals surface area contributed by atoms with E-state index in [0.29, 0.717) is 6.54 Å². The second-order valence-electron chi connectivity index (χ2n) is 5.99. The minimum Gasteiger partial charge on any atom is -0.371 e. The molecule has 0 radical (unpaired) electrons. The van der Waals surface area contributed by atoms with Gasteiger partial charge in [0.2, 0.25) is 5.91 Å². The fourth-order valence-corrected chi connectivity index (χ4v) is 3.01. The Hall–Kier alpha value is -2.33. The molecule has 1 aliphatic rings. The van der Waals surface area contributed by atoms with Crippen LogP contribution in [0.3, 0.4) is 0 Å². The summed E-state index contributed by atoms with van der Waals surface area (Å²) in [6, 6.07) is 20.0. The Morgan fingerprint density at radius 3 is 2.22 bits per heavy atom. The smallest absolute Gasteiger partial charge is 0.246 e. The lowest BCUT2D eigenvalue weighted by molar-refractivity contribution is -0.126. The molecule has 2 aromatic carbocycles. The molecule has 3 N–H and O–H groups in total. The van der Waals surface area contributed by atoms with E-state index in [0.717, 1.165) is 37.2 Å². The van der Waals surface area contributed by atoms with Gasteiger partial charge in [0.25, 0.3) is 0 Å². The van der Waals surface area contributed by atoms with E-state index in [-0.39, 0.29) is 5.91 Å². The molecule has 120 valence electrons. The minimum absolute atomic E-state index is 0.0757. The first-order valence-corrected chi connectivity index (χ1v) is 8.15. The van der Waals surface area contributed by atoms with Gasteiger partial charge in [-0.05, 0) is 43.6 Å². The summed E-state index contributed by atoms with van der Waals surface area (Å²) < 4.78 is 0. The first-order valence-electron chi connectivity index (χ1n) is 8.15. The molecule has 0 saturated carbocycles. The molecule has 1 heterocycles. The number of para-hydroxylation sites is 1. The van der Waals surface area contributed by atoms with E-state index in [1.807, 2.05) is 60.7 Å². The highest BCUT2D eigenvalue weighted by Gasteiger charge is 2.39. The van der Waals surface area contributed by atoms with Crippen LogP contribution in [0.4, 0.5) is 5.69 Å². The van der Waals surface area contributed by atoms with Gasteiger partial charge in [-0.15, -0.1) is 0 Å². The minimum atomic E-state index is -0.540. The Bertz CT molecular complexity index is 622. The van der Waals surface area contributed by atoms with Crippen LogP contribution in [0.5, 0.6) is 0 Å². The molecule has 0 atom stereocenters. The third kappa shape index (κ3) is 3.90. The van der Waals surface area contributed by atoms with Gasteiger partial charge in [-0.1, -0.05) is 48.5 Å². The number of benzene rings is 2. The van der Waals surface area contributed by atoms with Gasteiger partial charge in [0, 0.05) is 12.2 Å². The summed E-state index contributed by atoms with van der Waals surface area (Å²) in [5, 5.41) is 9.91. The number of carbonyl (C=O) groups excluding carboxylic acids is 1. The molecule has 23 heavy (non-hydrogen) atoms. The largest absolute Gasteiger partial charge is 0.371 e. The Balaban J connectivity index is 1.71. The molecule has 4 heteroatoms. The summed E-state index contributed by atoms with van der Waals surface area (Å²) in [6.07, 6.45) is 1.56. The van der Waals surface area contributed by atoms with Gasteiger partial charge < -0.3 is 16.0 Å². The average molecular weight is 309 g/mol. The van der Waals surface area contributed by atoms with Gasteiger partial charge in [0.1, 0.15) is 5.54 Å². The summed E-state index contributed by atoms with van der Waals surface area (Å²) in [7, 11) is 0. The molecule has 1 fully saturated rings. The SMILES string of the molecule is O=C(NCc1ccccc1)C1(Nc2ccccc2)CCNCC1. The Morgan fingerprint density at radius 1 is 0.957 bits per heavy atom. The summed E-state index contributed by atoms with van der Waals surface area (Å²) in [5.74, 6) is 0.0757. The topological polar surface area (TPSA) is 53.2 Å². The summed E-state index contributed by atoms with van der Waals surface area (Å²) >= 11 is 0. The van der Waals surface area contributed by atoms with Gasteiger partial charge in [-0.2, -0.15) is 0 Å². The molecule has 1 aliphatic heterocycles. The number of hydrogen-bond acceptors (Lipinski definition) is 3. The van der Waals surface area contributed by atoms with E-state index < -0.39 is 5.54 Å². The van der Waals surface area contributed by atoms with Crippen molar-refractivity contribution in [1.29, 1.82) is 0 Å². The van der Waals surface area contributed by atoms with Crippen LogP contribution >= 0.6 is 0 Å². The Kier molecular flexibility index (Phi) is 4.93. The number of piperidine rings is 1. The number of nitrogens with one attached hydrogen (secondary N) is 3. The number of hydrogen-bond donors (Lipinski definition) is 3. The zero-order valence-corrected chi connectivity index (χ0v) is 13.2. The molecule has 1 saturated heterocycles. The zero-order chi connectivity index (χ0) is 16.0. The van der Waals surface area contributed by atoms with Crippen LogP contribution < -0.4 is 16.0 Å². The molecule has 0 unspecified atom stereocenters. The van der Waals surface area contributed by atoms with Crippen molar-refractivity contribution in [3.8, 4) is 0 Å². The van der Waals surface area contributed by atoms with Crippen LogP contribution in [-0.4, -0.2) is 24.5 Å². The van der Waals surface area contributed by atoms with E-state index in [4.69, 9.17) is 0 Å². The first-order chi connectivity index (χ1) is 11.3. The third-order valence-corrected chi connectivity index (χ3v) is 4.35. The maximum atomic E-state index is 12.9. The van der Waals surface area contributed by atoms with E-state index in [2.05, 4.69) is 16.0 Å². The van der Waals surface area contributed by atoms with Gasteiger partial charge in [0.15, 0.2) is 0 Å². The van der Waals surface area contributed by atoms with E-state index >= 15 is 0 Å². The van der Waals surface area contributed by atoms with Gasteiger partial charge in [-0.3, -0.25) is 4.79 Å². The maximum absolute atomic E-state index is 12.9. The lowest BCUT2D eigenvalue weighted by Crippen LogP contribution is -2.57. The van der Waals surface area contributed by atoms with Crippen molar-refractivity contribution in [2.45, 2.75) is 24.9 Å². The maximum Gasteiger partial charge on any atom is 0.246 e. The van der Waals surface area contributed by atoms with Crippen LogP contribution in [0.25, 0.3) is 0 Å². The van der Waals surface area contributed by atoms with E-state index in [1.54, 1.807) is 0 Å². The number of anilines is 1. The van der Waals surface area contributed by atoms with Crippen molar-refractivity contribution in [2.75, 3.05) is 18.4 Å². The van der Waals surface area contributed by atoms with E-state index in [9.17, 15) is 4.79 Å². The van der Waals surface area contributed by atoms with Crippen molar-refractivity contribution in [3.63, 3.8) is 0 Å². The zero-order valence-electron chi connectivity index (χ0n) is 13.2. The van der Waals surface area contributed by atoms with Crippen LogP contribution in [0, 0.1) is 0 Å². The number of rotatable bonds is 5. The van der Waals surface area contributed by atoms with Crippen LogP contribution in [0.15, 0.2) is 60.7 Å². The molecule has 0 bridgehead atoms. The molecule has 1 amide bonds. The average Bonchev–Trinajstić information content (AvgIpc) is 2.62. The second-order valence-corrected chi connectivity index (χ2v) is 5.99. The fourth-order valence-electron chi connectivity index (χ4n) is 3.01. The van der Waals surface area contributed by atoms with Crippen molar-refractivity contribution >= 4 is 11.6 Å². The summed E-state index contributed by atoms with van der Waals surface area (Å²) in [5.41, 5.74) is 1.57. The predicted octanol–water partition coefficient (Wildman–Crippen LogP) is 2.54. The second kappa shape index (κ2) is 7.29. The third-order valence-electron chi connectivity index (χ3n) is 4.35. The van der Waals surface area contributed by atoms with Crippen LogP contribution in [0.1, 0.15) is 18.4 Å². The van der Waals surface area contributed by atoms with Crippen molar-refractivity contribution in [1.82, 2.24) is 10.6 Å². The molecule has 0 spiro atoms. The summed E-state index contributed by atoms with van der Waals surface area (Å²) in [6.45, 7) is 2.25. The Morgan fingerprint density at radius 2 is 1.57 bits per heavy atom. The highest BCUT2D eigenvalue weighted by atomic mass is 16.2. The quantitative estimate of drug-likeness (QED) is 0.795. The van der Waals surface area contributed by atoms with Gasteiger partial charge in [0.05, 0.1) is 0 Å². The predicted molar refractivity (Wildman–Crippen MR) is 93.2 cm³/mol. The number of amides is 1. The van der Waals surface area contributed by atoms with Crippen LogP contribution in [-0.2, 0) is 11.3 Å². The standard InChI is InChI=1S/C19H23N3O/c23-18(21-15-16-7-3-1-4-8-16)19(11-13-20-14-12-19)22-17-9-5-2-6-10-17/h1-10,20,22H,11-15H2,(H,21,23). The normalized spacial score (nSPS) is 16.5. The summed E-state index contributed by atoms with van der Waals surface area (Å²) in [4.78, 5) is 12.9. The van der Waals surface area contributed by atoms with Crippen LogP contribution in [0.2, 0.25) is 0 Å². The number of carbonyl (C=O) groups is 1. The van der Waals surface area contributed by atoms with Gasteiger partial charge in [-0.25, -0.2) is 0 Å². The van der Waals surface area contributed by atoms with E-state index in [1.165, 1.54) is 0 Å². The fraction of sp³-hybridized carbons (Fsp3) is 0.316. The van der Waals surface area contributed by atoms with Crippen molar-refractivity contribution in [2.24, 2.45) is 0 Å². The molecule has 0 aromatic heterocycles. The van der Waals surface area contributed by atoms with Crippen molar-refractivity contribution < 1.29 is 4.79 Å². The lowest BCUT2D eigenvalue weighted by atomic mass is 9.86. The van der Waals surface area contributed by atoms with Crippen molar-refractivity contribution in [3.05, 3.63) is 66.2 Å². The monoisotopic (exact) mass is 309 g/mol. The molecule has 4 nitrogen and oxygen atoms in total. The molecular weight excluding hydrogens is 286 g/mol. The highest BCUT2D eigenvalue weighted by Crippen LogP contribution is 2.25. The molecule has 3 rings (SSSR count). The highest BCUT2D eigenvalue weighted by molar-refractivity contribution is 5.89. The first kappa shape index (κ1) is 15.6. The lowest BCUT2D eigenvalue weighted by Gasteiger charge is -2.37. The molecular formula is C19H23N3O.